The summed E-state index contributed by atoms with van der Waals surface area (Å²) in [6.07, 6.45) is 9.27. The third-order valence-corrected chi connectivity index (χ3v) is 6.12. The van der Waals surface area contributed by atoms with E-state index in [9.17, 15) is 14.4 Å². The van der Waals surface area contributed by atoms with Crippen molar-refractivity contribution in [2.45, 2.75) is 44.9 Å². The summed E-state index contributed by atoms with van der Waals surface area (Å²) < 4.78 is 5.27. The normalized spacial score (nSPS) is 16.7. The van der Waals surface area contributed by atoms with Crippen LogP contribution < -0.4 is 20.7 Å². The van der Waals surface area contributed by atoms with Gasteiger partial charge in [0.15, 0.2) is 0 Å². The smallest absolute Gasteiger partial charge is 0.321 e. The van der Waals surface area contributed by atoms with E-state index in [1.807, 2.05) is 12.1 Å². The zero-order chi connectivity index (χ0) is 22.8. The number of ether oxygens (including phenoxy) is 1. The molecular weight excluding hydrogens is 408 g/mol. The summed E-state index contributed by atoms with van der Waals surface area (Å²) in [5.41, 5.74) is 2.01. The van der Waals surface area contributed by atoms with Crippen LogP contribution in [0, 0.1) is 5.92 Å². The van der Waals surface area contributed by atoms with Crippen molar-refractivity contribution in [3.8, 4) is 5.75 Å². The van der Waals surface area contributed by atoms with Gasteiger partial charge in [0.05, 0.1) is 12.8 Å². The first-order valence-corrected chi connectivity index (χ1v) is 11.5. The molecule has 3 N–H and O–H groups in total. The van der Waals surface area contributed by atoms with E-state index in [4.69, 9.17) is 4.74 Å². The van der Waals surface area contributed by atoms with Gasteiger partial charge in [-0.25, -0.2) is 4.79 Å². The molecular formula is C24H34N4O4. The standard InChI is InChI=1S/C24H34N4O4/c1-32-21-10-6-5-9-20(21)27-24(31)28-15-12-19(13-16-28)17-26-23(30)22(29)25-14-11-18-7-3-2-4-8-18/h5-7,9-10,19H,2-4,8,11-17H2,1H3,(H,25,29)(H,26,30)(H,27,31). The Morgan fingerprint density at radius 3 is 2.53 bits per heavy atom. The quantitative estimate of drug-likeness (QED) is 0.446. The highest BCUT2D eigenvalue weighted by atomic mass is 16.5. The van der Waals surface area contributed by atoms with Crippen molar-refractivity contribution in [3.63, 3.8) is 0 Å². The maximum absolute atomic E-state index is 12.5. The van der Waals surface area contributed by atoms with Gasteiger partial charge in [-0.2, -0.15) is 0 Å². The van der Waals surface area contributed by atoms with Gasteiger partial charge in [0, 0.05) is 26.2 Å². The van der Waals surface area contributed by atoms with Gasteiger partial charge in [0.1, 0.15) is 5.75 Å². The van der Waals surface area contributed by atoms with Crippen LogP contribution in [0.5, 0.6) is 5.75 Å². The highest BCUT2D eigenvalue weighted by molar-refractivity contribution is 6.35. The number of likely N-dealkylation sites (tertiary alicyclic amines) is 1. The van der Waals surface area contributed by atoms with Crippen molar-refractivity contribution >= 4 is 23.5 Å². The van der Waals surface area contributed by atoms with Gasteiger partial charge in [-0.1, -0.05) is 23.8 Å². The predicted molar refractivity (Wildman–Crippen MR) is 123 cm³/mol. The Morgan fingerprint density at radius 1 is 1.06 bits per heavy atom. The van der Waals surface area contributed by atoms with Crippen LogP contribution in [0.1, 0.15) is 44.9 Å². The first kappa shape index (κ1) is 23.6. The van der Waals surface area contributed by atoms with Crippen LogP contribution >= 0.6 is 0 Å². The number of rotatable bonds is 7. The van der Waals surface area contributed by atoms with Gasteiger partial charge in [0.2, 0.25) is 0 Å². The number of nitrogens with zero attached hydrogens (tertiary/aromatic N) is 1. The number of urea groups is 1. The first-order valence-electron chi connectivity index (χ1n) is 11.5. The molecule has 1 saturated heterocycles. The Bertz CT molecular complexity index is 831. The third-order valence-electron chi connectivity index (χ3n) is 6.12. The summed E-state index contributed by atoms with van der Waals surface area (Å²) in [5, 5.41) is 8.34. The second kappa shape index (κ2) is 12.1. The monoisotopic (exact) mass is 442 g/mol. The zero-order valence-corrected chi connectivity index (χ0v) is 18.8. The Labute approximate surface area is 189 Å². The number of methoxy groups -OCH3 is 1. The average molecular weight is 443 g/mol. The number of hydrogen-bond acceptors (Lipinski definition) is 4. The summed E-state index contributed by atoms with van der Waals surface area (Å²) in [6.45, 7) is 2.14. The van der Waals surface area contributed by atoms with Crippen LogP contribution in [0.4, 0.5) is 10.5 Å². The van der Waals surface area contributed by atoms with Crippen LogP contribution in [0.15, 0.2) is 35.9 Å². The van der Waals surface area contributed by atoms with Crippen LogP contribution in [-0.2, 0) is 9.59 Å². The summed E-state index contributed by atoms with van der Waals surface area (Å²) in [7, 11) is 1.57. The fourth-order valence-corrected chi connectivity index (χ4v) is 4.15. The number of nitrogens with one attached hydrogen (secondary N) is 3. The lowest BCUT2D eigenvalue weighted by Crippen LogP contribution is -2.45. The van der Waals surface area contributed by atoms with Crippen molar-refractivity contribution in [2.75, 3.05) is 38.6 Å². The fraction of sp³-hybridized carbons (Fsp3) is 0.542. The topological polar surface area (TPSA) is 99.8 Å². The highest BCUT2D eigenvalue weighted by Crippen LogP contribution is 2.24. The van der Waals surface area contributed by atoms with Crippen molar-refractivity contribution in [1.29, 1.82) is 0 Å². The number of hydrogen-bond donors (Lipinski definition) is 3. The summed E-state index contributed by atoms with van der Waals surface area (Å²) in [5.74, 6) is -0.296. The molecule has 1 aliphatic heterocycles. The van der Waals surface area contributed by atoms with E-state index in [1.54, 1.807) is 24.1 Å². The fourth-order valence-electron chi connectivity index (χ4n) is 4.15. The molecule has 1 aliphatic carbocycles. The molecule has 4 amide bonds. The lowest BCUT2D eigenvalue weighted by atomic mass is 9.97. The molecule has 3 rings (SSSR count). The van der Waals surface area contributed by atoms with E-state index in [-0.39, 0.29) is 11.9 Å². The Morgan fingerprint density at radius 2 is 1.81 bits per heavy atom. The molecule has 32 heavy (non-hydrogen) atoms. The Kier molecular flexibility index (Phi) is 8.95. The minimum absolute atomic E-state index is 0.163. The van der Waals surface area contributed by atoms with E-state index in [2.05, 4.69) is 22.0 Å². The van der Waals surface area contributed by atoms with E-state index in [0.717, 1.165) is 32.1 Å². The number of benzene rings is 1. The van der Waals surface area contributed by atoms with E-state index < -0.39 is 11.8 Å². The van der Waals surface area contributed by atoms with Crippen molar-refractivity contribution < 1.29 is 19.1 Å². The SMILES string of the molecule is COc1ccccc1NC(=O)N1CCC(CNC(=O)C(=O)NCCC2=CCCCC2)CC1. The molecule has 0 atom stereocenters. The van der Waals surface area contributed by atoms with Gasteiger partial charge in [-0.15, -0.1) is 0 Å². The number of allylic oxidation sites excluding steroid dienone is 1. The van der Waals surface area contributed by atoms with Crippen LogP contribution in [0.2, 0.25) is 0 Å². The number of para-hydroxylation sites is 2. The molecule has 1 heterocycles. The summed E-state index contributed by atoms with van der Waals surface area (Å²) in [6, 6.07) is 7.13. The number of amides is 4. The van der Waals surface area contributed by atoms with E-state index in [0.29, 0.717) is 37.6 Å². The van der Waals surface area contributed by atoms with Crippen LogP contribution in [0.3, 0.4) is 0 Å². The van der Waals surface area contributed by atoms with Crippen LogP contribution in [0.25, 0.3) is 0 Å². The number of carbonyl (C=O) groups is 3. The molecule has 174 valence electrons. The lowest BCUT2D eigenvalue weighted by molar-refractivity contribution is -0.139. The molecule has 1 aromatic carbocycles. The summed E-state index contributed by atoms with van der Waals surface area (Å²) in [4.78, 5) is 38.4. The first-order chi connectivity index (χ1) is 15.6. The molecule has 1 fully saturated rings. The Hall–Kier alpha value is -3.03. The molecule has 0 radical (unpaired) electrons. The van der Waals surface area contributed by atoms with Gasteiger partial charge in [-0.05, 0) is 63.0 Å². The largest absolute Gasteiger partial charge is 0.495 e. The second-order valence-corrected chi connectivity index (χ2v) is 8.38. The van der Waals surface area contributed by atoms with Crippen molar-refractivity contribution in [1.82, 2.24) is 15.5 Å². The molecule has 0 aromatic heterocycles. The van der Waals surface area contributed by atoms with Crippen LogP contribution in [-0.4, -0.2) is 56.0 Å². The molecule has 8 nitrogen and oxygen atoms in total. The maximum atomic E-state index is 12.5. The molecule has 0 spiro atoms. The molecule has 0 saturated carbocycles. The minimum atomic E-state index is -0.584. The number of piperidine rings is 1. The summed E-state index contributed by atoms with van der Waals surface area (Å²) >= 11 is 0. The third kappa shape index (κ3) is 7.00. The van der Waals surface area contributed by atoms with Crippen molar-refractivity contribution in [3.05, 3.63) is 35.9 Å². The van der Waals surface area contributed by atoms with E-state index in [1.165, 1.54) is 18.4 Å². The lowest BCUT2D eigenvalue weighted by Gasteiger charge is -2.32. The minimum Gasteiger partial charge on any atom is -0.495 e. The highest BCUT2D eigenvalue weighted by Gasteiger charge is 2.24. The molecule has 0 bridgehead atoms. The number of anilines is 1. The van der Waals surface area contributed by atoms with Gasteiger partial charge in [-0.3, -0.25) is 9.59 Å². The van der Waals surface area contributed by atoms with Crippen molar-refractivity contribution in [2.24, 2.45) is 5.92 Å². The number of carbonyl (C=O) groups excluding carboxylic acids is 3. The predicted octanol–water partition coefficient (Wildman–Crippen LogP) is 3.06. The zero-order valence-electron chi connectivity index (χ0n) is 18.8. The maximum Gasteiger partial charge on any atom is 0.321 e. The van der Waals surface area contributed by atoms with Gasteiger partial charge >= 0.3 is 17.8 Å². The average Bonchev–Trinajstić information content (AvgIpc) is 2.83. The second-order valence-electron chi connectivity index (χ2n) is 8.38. The molecule has 1 aromatic rings. The molecule has 0 unspecified atom stereocenters. The molecule has 8 heteroatoms. The van der Waals surface area contributed by atoms with E-state index >= 15 is 0 Å². The van der Waals surface area contributed by atoms with Gasteiger partial charge < -0.3 is 25.6 Å². The van der Waals surface area contributed by atoms with Gasteiger partial charge in [0.25, 0.3) is 0 Å². The molecule has 2 aliphatic rings. The Balaban J connectivity index is 1.32.